The molecule has 4 nitrogen and oxygen atoms in total. The number of hydrogen-bond acceptors (Lipinski definition) is 4. The maximum atomic E-state index is 11.2. The summed E-state index contributed by atoms with van der Waals surface area (Å²) in [5.74, 6) is -0.713. The Hall–Kier alpha value is -1.72. The molecule has 0 radical (unpaired) electrons. The van der Waals surface area contributed by atoms with Crippen molar-refractivity contribution in [3.8, 4) is 10.6 Å². The number of carboxylic acid groups (broad SMARTS) is 1. The minimum Gasteiger partial charge on any atom is -0.480 e. The molecule has 1 atom stereocenters. The van der Waals surface area contributed by atoms with E-state index < -0.39 is 5.97 Å². The summed E-state index contributed by atoms with van der Waals surface area (Å²) in [5.41, 5.74) is 1.11. The smallest absolute Gasteiger partial charge is 0.320 e. The van der Waals surface area contributed by atoms with E-state index >= 15 is 0 Å². The van der Waals surface area contributed by atoms with Crippen LogP contribution in [0.4, 0.5) is 0 Å². The molecule has 2 heterocycles. The molecule has 20 heavy (non-hydrogen) atoms. The highest BCUT2D eigenvalue weighted by molar-refractivity contribution is 7.15. The Labute approximate surface area is 121 Å². The fourth-order valence-electron chi connectivity index (χ4n) is 2.59. The zero-order chi connectivity index (χ0) is 13.9. The van der Waals surface area contributed by atoms with E-state index in [2.05, 4.69) is 4.98 Å². The number of aliphatic carboxylic acids is 1. The number of benzene rings is 1. The molecule has 2 aromatic rings. The average Bonchev–Trinajstić information content (AvgIpc) is 3.09. The Morgan fingerprint density at radius 1 is 1.40 bits per heavy atom. The first-order valence-corrected chi connectivity index (χ1v) is 7.52. The van der Waals surface area contributed by atoms with E-state index in [0.29, 0.717) is 6.54 Å². The minimum absolute atomic E-state index is 0.336. The lowest BCUT2D eigenvalue weighted by molar-refractivity contribution is -0.142. The van der Waals surface area contributed by atoms with Gasteiger partial charge in [-0.05, 0) is 19.4 Å². The molecule has 0 bridgehead atoms. The van der Waals surface area contributed by atoms with Crippen molar-refractivity contribution in [3.05, 3.63) is 41.4 Å². The van der Waals surface area contributed by atoms with Gasteiger partial charge in [-0.2, -0.15) is 0 Å². The van der Waals surface area contributed by atoms with Gasteiger partial charge in [0.15, 0.2) is 0 Å². The second-order valence-corrected chi connectivity index (χ2v) is 6.08. The minimum atomic E-state index is -0.713. The van der Waals surface area contributed by atoms with Crippen LogP contribution < -0.4 is 0 Å². The molecule has 1 aliphatic heterocycles. The van der Waals surface area contributed by atoms with Crippen LogP contribution in [0.1, 0.15) is 17.7 Å². The van der Waals surface area contributed by atoms with Crippen LogP contribution in [0.2, 0.25) is 0 Å². The predicted molar refractivity (Wildman–Crippen MR) is 78.6 cm³/mol. The highest BCUT2D eigenvalue weighted by Gasteiger charge is 2.30. The molecule has 0 spiro atoms. The van der Waals surface area contributed by atoms with Gasteiger partial charge in [-0.25, -0.2) is 4.98 Å². The summed E-state index contributed by atoms with van der Waals surface area (Å²) in [6, 6.07) is 9.73. The first-order valence-electron chi connectivity index (χ1n) is 6.71. The van der Waals surface area contributed by atoms with E-state index in [-0.39, 0.29) is 6.04 Å². The highest BCUT2D eigenvalue weighted by Crippen LogP contribution is 2.27. The molecule has 0 saturated carbocycles. The number of aromatic nitrogens is 1. The number of rotatable bonds is 4. The fraction of sp³-hybridized carbons (Fsp3) is 0.333. The topological polar surface area (TPSA) is 53.4 Å². The van der Waals surface area contributed by atoms with Crippen molar-refractivity contribution < 1.29 is 9.90 Å². The second-order valence-electron chi connectivity index (χ2n) is 4.96. The monoisotopic (exact) mass is 288 g/mol. The summed E-state index contributed by atoms with van der Waals surface area (Å²) >= 11 is 1.64. The summed E-state index contributed by atoms with van der Waals surface area (Å²) in [4.78, 5) is 18.8. The molecular formula is C15H16N2O2S. The molecule has 3 rings (SSSR count). The van der Waals surface area contributed by atoms with E-state index in [1.807, 2.05) is 41.4 Å². The molecule has 104 valence electrons. The quantitative estimate of drug-likeness (QED) is 0.940. The van der Waals surface area contributed by atoms with Crippen LogP contribution in [0, 0.1) is 0 Å². The number of carboxylic acids is 1. The molecule has 0 unspecified atom stereocenters. The van der Waals surface area contributed by atoms with E-state index in [9.17, 15) is 9.90 Å². The van der Waals surface area contributed by atoms with Crippen molar-refractivity contribution in [1.29, 1.82) is 0 Å². The van der Waals surface area contributed by atoms with Gasteiger partial charge < -0.3 is 5.11 Å². The zero-order valence-corrected chi connectivity index (χ0v) is 11.8. The van der Waals surface area contributed by atoms with Crippen molar-refractivity contribution in [2.45, 2.75) is 25.4 Å². The second kappa shape index (κ2) is 5.73. The highest BCUT2D eigenvalue weighted by atomic mass is 32.1. The van der Waals surface area contributed by atoms with Crippen molar-refractivity contribution in [2.75, 3.05) is 6.54 Å². The van der Waals surface area contributed by atoms with E-state index in [4.69, 9.17) is 0 Å². The number of hydrogen-bond donors (Lipinski definition) is 1. The molecule has 1 aromatic carbocycles. The van der Waals surface area contributed by atoms with Gasteiger partial charge in [0.1, 0.15) is 11.0 Å². The fourth-order valence-corrected chi connectivity index (χ4v) is 3.53. The van der Waals surface area contributed by atoms with Gasteiger partial charge in [-0.1, -0.05) is 30.3 Å². The van der Waals surface area contributed by atoms with Crippen LogP contribution in [-0.4, -0.2) is 33.5 Å². The molecule has 1 saturated heterocycles. The third-order valence-corrected chi connectivity index (χ3v) is 4.61. The number of thiazole rings is 1. The van der Waals surface area contributed by atoms with E-state index in [1.165, 1.54) is 0 Å². The molecular weight excluding hydrogens is 272 g/mol. The summed E-state index contributed by atoms with van der Waals surface area (Å²) in [6.07, 6.45) is 3.57. The van der Waals surface area contributed by atoms with Gasteiger partial charge in [0.05, 0.1) is 0 Å². The van der Waals surface area contributed by atoms with Crippen molar-refractivity contribution in [2.24, 2.45) is 0 Å². The van der Waals surface area contributed by atoms with Crippen LogP contribution in [0.5, 0.6) is 0 Å². The zero-order valence-electron chi connectivity index (χ0n) is 11.0. The van der Waals surface area contributed by atoms with Crippen molar-refractivity contribution in [1.82, 2.24) is 9.88 Å². The standard InChI is InChI=1S/C15H16N2O2S/c18-15(19)13-7-4-8-17(13)10-12-9-16-14(20-12)11-5-2-1-3-6-11/h1-3,5-6,9,13H,4,7-8,10H2,(H,18,19)/t13-/m0/s1. The normalized spacial score (nSPS) is 19.3. The Kier molecular flexibility index (Phi) is 3.80. The average molecular weight is 288 g/mol. The SMILES string of the molecule is O=C(O)[C@@H]1CCCN1Cc1cnc(-c2ccccc2)s1. The molecule has 1 fully saturated rings. The van der Waals surface area contributed by atoms with Gasteiger partial charge in [0.2, 0.25) is 0 Å². The third-order valence-electron chi connectivity index (χ3n) is 3.58. The van der Waals surface area contributed by atoms with Gasteiger partial charge in [0.25, 0.3) is 0 Å². The Balaban J connectivity index is 1.73. The lowest BCUT2D eigenvalue weighted by Gasteiger charge is -2.19. The van der Waals surface area contributed by atoms with Gasteiger partial charge in [0, 0.05) is 23.2 Å². The Morgan fingerprint density at radius 3 is 2.95 bits per heavy atom. The van der Waals surface area contributed by atoms with Crippen LogP contribution in [0.25, 0.3) is 10.6 Å². The first-order chi connectivity index (χ1) is 9.74. The molecule has 5 heteroatoms. The van der Waals surface area contributed by atoms with Crippen molar-refractivity contribution in [3.63, 3.8) is 0 Å². The lowest BCUT2D eigenvalue weighted by atomic mass is 10.2. The maximum Gasteiger partial charge on any atom is 0.320 e. The van der Waals surface area contributed by atoms with Crippen LogP contribution in [0.15, 0.2) is 36.5 Å². The van der Waals surface area contributed by atoms with Crippen LogP contribution >= 0.6 is 11.3 Å². The molecule has 0 amide bonds. The lowest BCUT2D eigenvalue weighted by Crippen LogP contribution is -2.35. The molecule has 0 aliphatic carbocycles. The predicted octanol–water partition coefficient (Wildman–Crippen LogP) is 2.86. The van der Waals surface area contributed by atoms with Crippen LogP contribution in [-0.2, 0) is 11.3 Å². The van der Waals surface area contributed by atoms with Crippen LogP contribution in [0.3, 0.4) is 0 Å². The van der Waals surface area contributed by atoms with E-state index in [0.717, 1.165) is 34.8 Å². The molecule has 1 N–H and O–H groups in total. The van der Waals surface area contributed by atoms with E-state index in [1.54, 1.807) is 11.3 Å². The molecule has 1 aliphatic rings. The molecule has 1 aromatic heterocycles. The summed E-state index contributed by atoms with van der Waals surface area (Å²) in [7, 11) is 0. The number of nitrogens with zero attached hydrogens (tertiary/aromatic N) is 2. The maximum absolute atomic E-state index is 11.2. The number of carbonyl (C=O) groups is 1. The van der Waals surface area contributed by atoms with Crippen molar-refractivity contribution >= 4 is 17.3 Å². The summed E-state index contributed by atoms with van der Waals surface area (Å²) < 4.78 is 0. The first kappa shape index (κ1) is 13.3. The largest absolute Gasteiger partial charge is 0.480 e. The van der Waals surface area contributed by atoms with Gasteiger partial charge in [-0.3, -0.25) is 9.69 Å². The Morgan fingerprint density at radius 2 is 2.20 bits per heavy atom. The van der Waals surface area contributed by atoms with Gasteiger partial charge in [-0.15, -0.1) is 11.3 Å². The van der Waals surface area contributed by atoms with Gasteiger partial charge >= 0.3 is 5.97 Å². The third kappa shape index (κ3) is 2.73. The Bertz CT molecular complexity index is 597. The number of likely N-dealkylation sites (tertiary alicyclic amines) is 1. The summed E-state index contributed by atoms with van der Waals surface area (Å²) in [5, 5.41) is 10.2. The summed E-state index contributed by atoms with van der Waals surface area (Å²) in [6.45, 7) is 1.54.